The fourth-order valence-corrected chi connectivity index (χ4v) is 3.25. The average Bonchev–Trinajstić information content (AvgIpc) is 3.13. The third-order valence-electron chi connectivity index (χ3n) is 4.69. The first-order valence-electron chi connectivity index (χ1n) is 10.1. The Bertz CT molecular complexity index is 1190. The molecule has 3 N–H and O–H groups in total. The van der Waals surface area contributed by atoms with Gasteiger partial charge in [0.15, 0.2) is 5.78 Å². The van der Waals surface area contributed by atoms with Gasteiger partial charge in [-0.1, -0.05) is 13.8 Å². The van der Waals surface area contributed by atoms with Crippen molar-refractivity contribution in [1.82, 2.24) is 15.0 Å². The van der Waals surface area contributed by atoms with Crippen molar-refractivity contribution in [3.8, 4) is 11.1 Å². The molecule has 0 aliphatic heterocycles. The Kier molecular flexibility index (Phi) is 7.10. The zero-order chi connectivity index (χ0) is 24.2. The van der Waals surface area contributed by atoms with E-state index in [0.29, 0.717) is 22.6 Å². The minimum absolute atomic E-state index is 0.212. The zero-order valence-corrected chi connectivity index (χ0v) is 18.2. The number of pyridine rings is 2. The summed E-state index contributed by atoms with van der Waals surface area (Å²) in [4.78, 5) is 38.6. The minimum Gasteiger partial charge on any atom is -0.373 e. The number of hydrogen-bond donors (Lipinski definition) is 3. The van der Waals surface area contributed by atoms with E-state index in [4.69, 9.17) is 0 Å². The quantitative estimate of drug-likeness (QED) is 0.436. The number of carbonyl (C=O) groups excluding carboxylic acids is 2. The molecule has 1 amide bonds. The molecule has 0 saturated carbocycles. The van der Waals surface area contributed by atoms with Gasteiger partial charge < -0.3 is 15.6 Å². The Hall–Kier alpha value is -3.76. The second kappa shape index (κ2) is 9.80. The second-order valence-corrected chi connectivity index (χ2v) is 7.82. The van der Waals surface area contributed by atoms with E-state index >= 15 is 0 Å². The highest BCUT2D eigenvalue weighted by atomic mass is 19.4. The Morgan fingerprint density at radius 2 is 1.94 bits per heavy atom. The topological polar surface area (TPSA) is 112 Å². The van der Waals surface area contributed by atoms with Gasteiger partial charge in [-0.3, -0.25) is 19.6 Å². The molecule has 0 aliphatic carbocycles. The molecule has 0 fully saturated rings. The van der Waals surface area contributed by atoms with Crippen LogP contribution < -0.4 is 10.6 Å². The number of nitrogens with one attached hydrogen (secondary N) is 3. The van der Waals surface area contributed by atoms with Crippen LogP contribution in [0.5, 0.6) is 0 Å². The van der Waals surface area contributed by atoms with Crippen molar-refractivity contribution in [2.45, 2.75) is 33.0 Å². The van der Waals surface area contributed by atoms with Crippen molar-refractivity contribution >= 4 is 40.3 Å². The first-order chi connectivity index (χ1) is 15.5. The van der Waals surface area contributed by atoms with Gasteiger partial charge in [0, 0.05) is 42.0 Å². The molecule has 0 aromatic carbocycles. The number of fused-ring (bicyclic) bond motifs is 1. The normalized spacial score (nSPS) is 12.9. The van der Waals surface area contributed by atoms with Gasteiger partial charge >= 0.3 is 6.18 Å². The number of amides is 1. The molecule has 8 nitrogen and oxygen atoms in total. The summed E-state index contributed by atoms with van der Waals surface area (Å²) in [6.07, 6.45) is 2.70. The molecular formula is C22H23F3N6O2. The van der Waals surface area contributed by atoms with Crippen molar-refractivity contribution < 1.29 is 22.8 Å². The number of Topliss-reactive ketones (excluding diaryl/α,β-unsaturated/α-hetero) is 1. The molecule has 0 saturated heterocycles. The summed E-state index contributed by atoms with van der Waals surface area (Å²) < 4.78 is 36.9. The number of aromatic nitrogens is 3. The van der Waals surface area contributed by atoms with Crippen LogP contribution in [0.25, 0.3) is 22.2 Å². The van der Waals surface area contributed by atoms with Gasteiger partial charge in [0.05, 0.1) is 29.8 Å². The van der Waals surface area contributed by atoms with Gasteiger partial charge in [0.1, 0.15) is 12.2 Å². The SMILES string of the molecule is CC(=O)Nc1cnc2[nH]cc(-c3cncc(NC(C(=O)C=NCC(F)(F)F)C(C)C)c3)c2c1. The molecule has 0 spiro atoms. The van der Waals surface area contributed by atoms with E-state index in [2.05, 4.69) is 30.6 Å². The number of carbonyl (C=O) groups is 2. The number of aromatic amines is 1. The number of rotatable bonds is 8. The molecule has 1 atom stereocenters. The van der Waals surface area contributed by atoms with E-state index in [9.17, 15) is 22.8 Å². The Morgan fingerprint density at radius 3 is 2.61 bits per heavy atom. The fraction of sp³-hybridized carbons (Fsp3) is 0.318. The Morgan fingerprint density at radius 1 is 1.18 bits per heavy atom. The number of alkyl halides is 3. The lowest BCUT2D eigenvalue weighted by Crippen LogP contribution is -2.35. The smallest absolute Gasteiger partial charge is 0.373 e. The first kappa shape index (κ1) is 23.9. The van der Waals surface area contributed by atoms with Crippen molar-refractivity contribution in [2.75, 3.05) is 17.2 Å². The average molecular weight is 460 g/mol. The van der Waals surface area contributed by atoms with E-state index in [1.54, 1.807) is 44.6 Å². The lowest BCUT2D eigenvalue weighted by molar-refractivity contribution is -0.118. The molecule has 3 aromatic heterocycles. The highest BCUT2D eigenvalue weighted by molar-refractivity contribution is 6.30. The van der Waals surface area contributed by atoms with E-state index < -0.39 is 24.5 Å². The fourth-order valence-electron chi connectivity index (χ4n) is 3.25. The largest absolute Gasteiger partial charge is 0.407 e. The Balaban J connectivity index is 1.85. The van der Waals surface area contributed by atoms with Crippen molar-refractivity contribution in [2.24, 2.45) is 10.9 Å². The first-order valence-corrected chi connectivity index (χ1v) is 10.1. The van der Waals surface area contributed by atoms with Crippen LogP contribution in [-0.2, 0) is 9.59 Å². The zero-order valence-electron chi connectivity index (χ0n) is 18.2. The maximum absolute atomic E-state index is 12.4. The summed E-state index contributed by atoms with van der Waals surface area (Å²) in [6, 6.07) is 2.78. The molecule has 174 valence electrons. The van der Waals surface area contributed by atoms with Gasteiger partial charge in [-0.25, -0.2) is 4.98 Å². The number of ketones is 1. The van der Waals surface area contributed by atoms with E-state index in [1.807, 2.05) is 0 Å². The van der Waals surface area contributed by atoms with E-state index in [1.165, 1.54) is 13.1 Å². The Labute approximate surface area is 187 Å². The summed E-state index contributed by atoms with van der Waals surface area (Å²) >= 11 is 0. The molecule has 3 aromatic rings. The lowest BCUT2D eigenvalue weighted by atomic mass is 9.99. The van der Waals surface area contributed by atoms with Crippen LogP contribution in [-0.4, -0.2) is 51.6 Å². The van der Waals surface area contributed by atoms with E-state index in [0.717, 1.165) is 17.2 Å². The molecule has 11 heteroatoms. The number of H-pyrrole nitrogens is 1. The van der Waals surface area contributed by atoms with Gasteiger partial charge in [0.2, 0.25) is 5.91 Å². The molecule has 0 aliphatic rings. The van der Waals surface area contributed by atoms with Crippen LogP contribution in [0, 0.1) is 5.92 Å². The summed E-state index contributed by atoms with van der Waals surface area (Å²) in [5, 5.41) is 6.50. The number of anilines is 2. The standard InChI is InChI=1S/C22H23F3N6O2/c1-12(2)20(19(33)10-27-11-22(23,24)25)31-15-4-14(6-26-7-15)18-9-29-21-17(18)5-16(8-28-21)30-13(3)32/h4-10,12,20,31H,11H2,1-3H3,(H,28,29)(H,30,32). The number of halogens is 3. The van der Waals surface area contributed by atoms with Gasteiger partial charge in [-0.15, -0.1) is 0 Å². The maximum atomic E-state index is 12.4. The predicted octanol–water partition coefficient (Wildman–Crippen LogP) is 4.22. The number of hydrogen-bond acceptors (Lipinski definition) is 6. The van der Waals surface area contributed by atoms with Gasteiger partial charge in [-0.05, 0) is 18.1 Å². The van der Waals surface area contributed by atoms with Gasteiger partial charge in [0.25, 0.3) is 0 Å². The third-order valence-corrected chi connectivity index (χ3v) is 4.69. The van der Waals surface area contributed by atoms with Crippen LogP contribution in [0.1, 0.15) is 20.8 Å². The minimum atomic E-state index is -4.47. The lowest BCUT2D eigenvalue weighted by Gasteiger charge is -2.21. The van der Waals surface area contributed by atoms with Crippen molar-refractivity contribution in [3.63, 3.8) is 0 Å². The molecule has 0 bridgehead atoms. The summed E-state index contributed by atoms with van der Waals surface area (Å²) in [7, 11) is 0. The highest BCUT2D eigenvalue weighted by Crippen LogP contribution is 2.30. The highest BCUT2D eigenvalue weighted by Gasteiger charge is 2.27. The van der Waals surface area contributed by atoms with E-state index in [-0.39, 0.29) is 11.8 Å². The summed E-state index contributed by atoms with van der Waals surface area (Å²) in [6.45, 7) is 3.55. The third kappa shape index (κ3) is 6.37. The molecule has 3 rings (SSSR count). The predicted molar refractivity (Wildman–Crippen MR) is 120 cm³/mol. The van der Waals surface area contributed by atoms with Crippen LogP contribution >= 0.6 is 0 Å². The van der Waals surface area contributed by atoms with Crippen molar-refractivity contribution in [1.29, 1.82) is 0 Å². The number of nitrogens with zero attached hydrogens (tertiary/aromatic N) is 3. The molecule has 3 heterocycles. The summed E-state index contributed by atoms with van der Waals surface area (Å²) in [5.74, 6) is -0.990. The van der Waals surface area contributed by atoms with Crippen LogP contribution in [0.3, 0.4) is 0 Å². The maximum Gasteiger partial charge on any atom is 0.407 e. The monoisotopic (exact) mass is 460 g/mol. The molecule has 33 heavy (non-hydrogen) atoms. The second-order valence-electron chi connectivity index (χ2n) is 7.82. The number of aliphatic imine (C=N–C) groups is 1. The molecular weight excluding hydrogens is 437 g/mol. The van der Waals surface area contributed by atoms with Crippen molar-refractivity contribution in [3.05, 3.63) is 36.9 Å². The van der Waals surface area contributed by atoms with Gasteiger partial charge in [-0.2, -0.15) is 13.2 Å². The molecule has 0 radical (unpaired) electrons. The van der Waals surface area contributed by atoms with Crippen LogP contribution in [0.4, 0.5) is 24.5 Å². The molecule has 1 unspecified atom stereocenters. The van der Waals surface area contributed by atoms with Crippen LogP contribution in [0.2, 0.25) is 0 Å². The van der Waals surface area contributed by atoms with Crippen LogP contribution in [0.15, 0.2) is 41.9 Å². The summed E-state index contributed by atoms with van der Waals surface area (Å²) in [5.41, 5.74) is 3.17.